The van der Waals surface area contributed by atoms with Gasteiger partial charge in [0.15, 0.2) is 5.78 Å². The molecule has 2 aromatic carbocycles. The molecule has 0 fully saturated rings. The van der Waals surface area contributed by atoms with Crippen LogP contribution in [0.25, 0.3) is 22.2 Å². The third-order valence-corrected chi connectivity index (χ3v) is 5.16. The lowest BCUT2D eigenvalue weighted by Gasteiger charge is -2.09. The van der Waals surface area contributed by atoms with E-state index in [-0.39, 0.29) is 5.56 Å². The summed E-state index contributed by atoms with van der Waals surface area (Å²) < 4.78 is 19.5. The van der Waals surface area contributed by atoms with Crippen LogP contribution in [0.15, 0.2) is 72.7 Å². The molecule has 2 heterocycles. The quantitative estimate of drug-likeness (QED) is 0.382. The van der Waals surface area contributed by atoms with Crippen LogP contribution in [0.4, 0.5) is 10.1 Å². The number of allylic oxidation sites excluding steroid dienone is 2. The fraction of sp³-hybridized carbons (Fsp3) is 0.120. The number of hydrogen-bond acceptors (Lipinski definition) is 4. The number of carbonyl (C=O) groups is 1. The second kappa shape index (κ2) is 8.44. The molecule has 5 nitrogen and oxygen atoms in total. The molecule has 0 atom stereocenters. The molecule has 4 aromatic rings. The van der Waals surface area contributed by atoms with Crippen molar-refractivity contribution in [3.63, 3.8) is 0 Å². The monoisotopic (exact) mass is 415 g/mol. The summed E-state index contributed by atoms with van der Waals surface area (Å²) in [5.41, 5.74) is 4.69. The topological polar surface area (TPSA) is 67.0 Å². The van der Waals surface area contributed by atoms with E-state index in [2.05, 4.69) is 15.3 Å². The van der Waals surface area contributed by atoms with Crippen molar-refractivity contribution in [3.05, 3.63) is 89.6 Å². The number of H-pyrrole nitrogens is 1. The summed E-state index contributed by atoms with van der Waals surface area (Å²) in [6, 6.07) is 14.0. The van der Waals surface area contributed by atoms with E-state index in [0.717, 1.165) is 22.5 Å². The number of halogens is 1. The van der Waals surface area contributed by atoms with Crippen molar-refractivity contribution < 1.29 is 13.9 Å². The number of pyridine rings is 1. The summed E-state index contributed by atoms with van der Waals surface area (Å²) in [4.78, 5) is 20.6. The van der Waals surface area contributed by atoms with Crippen LogP contribution in [-0.4, -0.2) is 22.9 Å². The van der Waals surface area contributed by atoms with Crippen LogP contribution in [0.1, 0.15) is 29.8 Å². The molecule has 0 aliphatic rings. The van der Waals surface area contributed by atoms with Gasteiger partial charge in [0.2, 0.25) is 0 Å². The first-order valence-corrected chi connectivity index (χ1v) is 9.86. The Morgan fingerprint density at radius 3 is 2.74 bits per heavy atom. The van der Waals surface area contributed by atoms with Gasteiger partial charge in [-0.2, -0.15) is 0 Å². The van der Waals surface area contributed by atoms with E-state index in [1.165, 1.54) is 25.3 Å². The first-order valence-electron chi connectivity index (χ1n) is 9.86. The Hall–Kier alpha value is -3.93. The maximum atomic E-state index is 14.4. The molecule has 0 aliphatic carbocycles. The molecular weight excluding hydrogens is 393 g/mol. The minimum absolute atomic E-state index is 0.0429. The van der Waals surface area contributed by atoms with Crippen molar-refractivity contribution in [1.29, 1.82) is 0 Å². The molecule has 0 saturated heterocycles. The van der Waals surface area contributed by atoms with Gasteiger partial charge in [-0.3, -0.25) is 4.79 Å². The van der Waals surface area contributed by atoms with Crippen molar-refractivity contribution in [1.82, 2.24) is 9.97 Å². The molecule has 0 bridgehead atoms. The van der Waals surface area contributed by atoms with E-state index in [0.29, 0.717) is 22.3 Å². The van der Waals surface area contributed by atoms with Gasteiger partial charge in [0.25, 0.3) is 0 Å². The van der Waals surface area contributed by atoms with Gasteiger partial charge >= 0.3 is 0 Å². The van der Waals surface area contributed by atoms with E-state index in [9.17, 15) is 9.18 Å². The lowest BCUT2D eigenvalue weighted by molar-refractivity contribution is 0.103. The fourth-order valence-electron chi connectivity index (χ4n) is 3.38. The number of rotatable bonds is 6. The van der Waals surface area contributed by atoms with Crippen LogP contribution in [0.5, 0.6) is 5.75 Å². The van der Waals surface area contributed by atoms with Gasteiger partial charge < -0.3 is 15.0 Å². The Morgan fingerprint density at radius 1 is 1.13 bits per heavy atom. The molecule has 31 heavy (non-hydrogen) atoms. The maximum Gasteiger partial charge on any atom is 0.198 e. The number of methoxy groups -OCH3 is 1. The first kappa shape index (κ1) is 20.3. The van der Waals surface area contributed by atoms with Crippen LogP contribution >= 0.6 is 0 Å². The van der Waals surface area contributed by atoms with Crippen LogP contribution in [0.3, 0.4) is 0 Å². The summed E-state index contributed by atoms with van der Waals surface area (Å²) in [5.74, 6) is -0.604. The average molecular weight is 415 g/mol. The highest BCUT2D eigenvalue weighted by Crippen LogP contribution is 2.29. The van der Waals surface area contributed by atoms with E-state index in [4.69, 9.17) is 4.74 Å². The zero-order valence-corrected chi connectivity index (χ0v) is 17.5. The van der Waals surface area contributed by atoms with Gasteiger partial charge in [0, 0.05) is 40.3 Å². The molecule has 2 N–H and O–H groups in total. The lowest BCUT2D eigenvalue weighted by Crippen LogP contribution is -2.04. The third kappa shape index (κ3) is 4.05. The number of aromatic amines is 1. The zero-order valence-electron chi connectivity index (χ0n) is 17.5. The zero-order chi connectivity index (χ0) is 22.0. The number of anilines is 1. The molecule has 4 rings (SSSR count). The van der Waals surface area contributed by atoms with Crippen molar-refractivity contribution >= 4 is 22.5 Å². The summed E-state index contributed by atoms with van der Waals surface area (Å²) in [5, 5.41) is 3.96. The number of ketones is 1. The lowest BCUT2D eigenvalue weighted by atomic mass is 10.0. The number of hydrogen-bond donors (Lipinski definition) is 2. The number of nitrogens with one attached hydrogen (secondary N) is 2. The number of benzene rings is 2. The van der Waals surface area contributed by atoms with Crippen LogP contribution in [-0.2, 0) is 0 Å². The van der Waals surface area contributed by atoms with Crippen LogP contribution in [0.2, 0.25) is 0 Å². The molecule has 0 amide bonds. The Balaban J connectivity index is 1.75. The van der Waals surface area contributed by atoms with E-state index in [1.54, 1.807) is 12.4 Å². The molecule has 0 aliphatic heterocycles. The first-order chi connectivity index (χ1) is 15.0. The van der Waals surface area contributed by atoms with Crippen molar-refractivity contribution in [2.24, 2.45) is 0 Å². The normalized spacial score (nSPS) is 11.5. The Kier molecular flexibility index (Phi) is 5.54. The van der Waals surface area contributed by atoms with E-state index < -0.39 is 11.6 Å². The van der Waals surface area contributed by atoms with E-state index >= 15 is 0 Å². The standard InChI is InChI=1S/C25H22FN3O2/c1-4-15(2)29-18-7-5-6-16(10-18)17-11-20-22(14-28-25(20)27-13-17)24(30)21-12-19(31-3)8-9-23(21)26/h4-14,29H,1-3H3,(H,27,28). The fourth-order valence-corrected chi connectivity index (χ4v) is 3.38. The SMILES string of the molecule is CC=C(C)Nc1cccc(-c2cnc3[nH]cc(C(=O)c4cc(OC)ccc4F)c3c2)c1. The molecule has 0 unspecified atom stereocenters. The van der Waals surface area contributed by atoms with Crippen LogP contribution in [0, 0.1) is 5.82 Å². The minimum Gasteiger partial charge on any atom is -0.497 e. The predicted molar refractivity (Wildman–Crippen MR) is 121 cm³/mol. The second-order valence-electron chi connectivity index (χ2n) is 7.17. The van der Waals surface area contributed by atoms with E-state index in [1.807, 2.05) is 50.3 Å². The number of carbonyl (C=O) groups excluding carboxylic acids is 1. The summed E-state index contributed by atoms with van der Waals surface area (Å²) >= 11 is 0. The molecule has 6 heteroatoms. The van der Waals surface area contributed by atoms with Gasteiger partial charge in [0.1, 0.15) is 17.2 Å². The summed E-state index contributed by atoms with van der Waals surface area (Å²) in [6.45, 7) is 3.97. The number of aromatic nitrogens is 2. The maximum absolute atomic E-state index is 14.4. The van der Waals surface area contributed by atoms with Crippen LogP contribution < -0.4 is 10.1 Å². The molecule has 156 valence electrons. The predicted octanol–water partition coefficient (Wildman–Crippen LogP) is 5.94. The third-order valence-electron chi connectivity index (χ3n) is 5.16. The second-order valence-corrected chi connectivity index (χ2v) is 7.17. The average Bonchev–Trinajstić information content (AvgIpc) is 3.22. The number of nitrogens with zero attached hydrogens (tertiary/aromatic N) is 1. The van der Waals surface area contributed by atoms with Crippen molar-refractivity contribution in [3.8, 4) is 16.9 Å². The molecular formula is C25H22FN3O2. The van der Waals surface area contributed by atoms with Gasteiger partial charge in [-0.05, 0) is 55.8 Å². The highest BCUT2D eigenvalue weighted by atomic mass is 19.1. The molecule has 0 saturated carbocycles. The number of fused-ring (bicyclic) bond motifs is 1. The van der Waals surface area contributed by atoms with Gasteiger partial charge in [-0.25, -0.2) is 9.37 Å². The smallest absolute Gasteiger partial charge is 0.198 e. The summed E-state index contributed by atoms with van der Waals surface area (Å²) in [6.07, 6.45) is 5.31. The minimum atomic E-state index is -0.595. The Labute approximate surface area is 179 Å². The highest BCUT2D eigenvalue weighted by Gasteiger charge is 2.19. The van der Waals surface area contributed by atoms with Gasteiger partial charge in [-0.15, -0.1) is 0 Å². The Morgan fingerprint density at radius 2 is 1.97 bits per heavy atom. The Bertz CT molecular complexity index is 1310. The largest absolute Gasteiger partial charge is 0.497 e. The summed E-state index contributed by atoms with van der Waals surface area (Å²) in [7, 11) is 1.48. The van der Waals surface area contributed by atoms with Crippen molar-refractivity contribution in [2.45, 2.75) is 13.8 Å². The molecule has 0 spiro atoms. The highest BCUT2D eigenvalue weighted by molar-refractivity contribution is 6.16. The molecule has 2 aromatic heterocycles. The number of ether oxygens (including phenoxy) is 1. The van der Waals surface area contributed by atoms with Gasteiger partial charge in [-0.1, -0.05) is 18.2 Å². The van der Waals surface area contributed by atoms with Gasteiger partial charge in [0.05, 0.1) is 12.7 Å². The molecule has 0 radical (unpaired) electrons. The van der Waals surface area contributed by atoms with Crippen molar-refractivity contribution in [2.75, 3.05) is 12.4 Å².